The van der Waals surface area contributed by atoms with Crippen molar-refractivity contribution in [2.45, 2.75) is 71.3 Å². The summed E-state index contributed by atoms with van der Waals surface area (Å²) in [5.74, 6) is 1.30. The minimum Gasteiger partial charge on any atom is -0.497 e. The predicted molar refractivity (Wildman–Crippen MR) is 94.9 cm³/mol. The zero-order valence-corrected chi connectivity index (χ0v) is 14.8. The van der Waals surface area contributed by atoms with Gasteiger partial charge in [-0.25, -0.2) is 0 Å². The topological polar surface area (TPSA) is 35.5 Å². The minimum absolute atomic E-state index is 0.431. The maximum absolute atomic E-state index is 11.7. The van der Waals surface area contributed by atoms with E-state index in [1.807, 2.05) is 24.3 Å². The molecular weight excluding hydrogens is 288 g/mol. The molecule has 0 aliphatic heterocycles. The lowest BCUT2D eigenvalue weighted by atomic mass is 10.1. The molecule has 0 aromatic heterocycles. The number of benzene rings is 1. The Bertz CT molecular complexity index is 411. The number of ketones is 1. The molecule has 3 nitrogen and oxygen atoms in total. The van der Waals surface area contributed by atoms with Gasteiger partial charge in [-0.05, 0) is 37.0 Å². The second-order valence-electron chi connectivity index (χ2n) is 6.06. The van der Waals surface area contributed by atoms with Crippen molar-refractivity contribution in [1.82, 2.24) is 0 Å². The van der Waals surface area contributed by atoms with Crippen LogP contribution in [0.15, 0.2) is 24.3 Å². The number of carbonyl (C=O) groups excluding carboxylic acids is 1. The molecule has 1 aromatic rings. The Morgan fingerprint density at radius 3 is 2.17 bits per heavy atom. The summed E-state index contributed by atoms with van der Waals surface area (Å²) in [6.45, 7) is 3.59. The van der Waals surface area contributed by atoms with E-state index in [9.17, 15) is 4.79 Å². The molecule has 0 aliphatic rings. The van der Waals surface area contributed by atoms with Crippen molar-refractivity contribution in [1.29, 1.82) is 0 Å². The fourth-order valence-corrected chi connectivity index (χ4v) is 2.49. The van der Waals surface area contributed by atoms with Gasteiger partial charge in [0.1, 0.15) is 11.5 Å². The molecule has 130 valence electrons. The van der Waals surface area contributed by atoms with Crippen LogP contribution in [-0.2, 0) is 16.1 Å². The summed E-state index contributed by atoms with van der Waals surface area (Å²) in [5, 5.41) is 0. The number of rotatable bonds is 14. The molecule has 0 unspecified atom stereocenters. The number of ether oxygens (including phenoxy) is 2. The Morgan fingerprint density at radius 1 is 0.913 bits per heavy atom. The molecule has 1 rings (SSSR count). The van der Waals surface area contributed by atoms with Crippen LogP contribution in [0, 0.1) is 0 Å². The number of hydrogen-bond donors (Lipinski definition) is 0. The van der Waals surface area contributed by atoms with E-state index in [-0.39, 0.29) is 0 Å². The lowest BCUT2D eigenvalue weighted by molar-refractivity contribution is -0.119. The first-order chi connectivity index (χ1) is 11.3. The molecule has 0 atom stereocenters. The van der Waals surface area contributed by atoms with Crippen molar-refractivity contribution in [3.8, 4) is 5.75 Å². The quantitative estimate of drug-likeness (QED) is 0.436. The maximum atomic E-state index is 11.7. The molecule has 0 radical (unpaired) electrons. The van der Waals surface area contributed by atoms with Crippen molar-refractivity contribution >= 4 is 5.78 Å². The van der Waals surface area contributed by atoms with Gasteiger partial charge < -0.3 is 9.47 Å². The van der Waals surface area contributed by atoms with E-state index in [0.29, 0.717) is 12.4 Å². The molecule has 0 saturated heterocycles. The van der Waals surface area contributed by atoms with E-state index in [1.54, 1.807) is 7.11 Å². The van der Waals surface area contributed by atoms with Crippen molar-refractivity contribution in [2.24, 2.45) is 0 Å². The molecule has 1 aromatic carbocycles. The van der Waals surface area contributed by atoms with Crippen molar-refractivity contribution < 1.29 is 14.3 Å². The normalized spacial score (nSPS) is 10.7. The molecule has 0 amide bonds. The average molecular weight is 320 g/mol. The number of carbonyl (C=O) groups is 1. The summed E-state index contributed by atoms with van der Waals surface area (Å²) in [6.07, 6.45) is 9.35. The van der Waals surface area contributed by atoms with Crippen molar-refractivity contribution in [3.05, 3.63) is 29.8 Å². The smallest absolute Gasteiger partial charge is 0.132 e. The van der Waals surface area contributed by atoms with Gasteiger partial charge in [0.15, 0.2) is 0 Å². The minimum atomic E-state index is 0.431. The third-order valence-electron chi connectivity index (χ3n) is 3.98. The SMILES string of the molecule is CCCCCCC(=O)CCCCCOCc1ccc(OC)cc1. The number of hydrogen-bond acceptors (Lipinski definition) is 3. The summed E-state index contributed by atoms with van der Waals surface area (Å²) < 4.78 is 10.8. The zero-order valence-electron chi connectivity index (χ0n) is 14.8. The van der Waals surface area contributed by atoms with E-state index >= 15 is 0 Å². The molecule has 23 heavy (non-hydrogen) atoms. The summed E-state index contributed by atoms with van der Waals surface area (Å²) in [6, 6.07) is 7.95. The number of Topliss-reactive ketones (excluding diaryl/α,β-unsaturated/α-hetero) is 1. The van der Waals surface area contributed by atoms with Crippen molar-refractivity contribution in [3.63, 3.8) is 0 Å². The van der Waals surface area contributed by atoms with Crippen LogP contribution in [0.5, 0.6) is 5.75 Å². The van der Waals surface area contributed by atoms with E-state index in [1.165, 1.54) is 19.3 Å². The van der Waals surface area contributed by atoms with Gasteiger partial charge in [-0.3, -0.25) is 4.79 Å². The summed E-state index contributed by atoms with van der Waals surface area (Å²) >= 11 is 0. The van der Waals surface area contributed by atoms with Crippen LogP contribution >= 0.6 is 0 Å². The highest BCUT2D eigenvalue weighted by Gasteiger charge is 2.01. The Labute approximate surface area is 141 Å². The summed E-state index contributed by atoms with van der Waals surface area (Å²) in [5.41, 5.74) is 1.16. The van der Waals surface area contributed by atoms with Crippen LogP contribution in [0.4, 0.5) is 0 Å². The highest BCUT2D eigenvalue weighted by molar-refractivity contribution is 5.78. The second-order valence-corrected chi connectivity index (χ2v) is 6.06. The van der Waals surface area contributed by atoms with Crippen LogP contribution < -0.4 is 4.74 Å². The monoisotopic (exact) mass is 320 g/mol. The average Bonchev–Trinajstić information content (AvgIpc) is 2.58. The zero-order chi connectivity index (χ0) is 16.8. The molecule has 0 aliphatic carbocycles. The third kappa shape index (κ3) is 10.1. The third-order valence-corrected chi connectivity index (χ3v) is 3.98. The number of unbranched alkanes of at least 4 members (excludes halogenated alkanes) is 5. The van der Waals surface area contributed by atoms with E-state index in [2.05, 4.69) is 6.92 Å². The van der Waals surface area contributed by atoms with Crippen LogP contribution in [0.25, 0.3) is 0 Å². The van der Waals surface area contributed by atoms with Gasteiger partial charge in [-0.2, -0.15) is 0 Å². The van der Waals surface area contributed by atoms with E-state index in [4.69, 9.17) is 9.47 Å². The van der Waals surface area contributed by atoms with Crippen LogP contribution in [0.3, 0.4) is 0 Å². The molecule has 0 saturated carbocycles. The first-order valence-corrected chi connectivity index (χ1v) is 8.98. The molecule has 0 N–H and O–H groups in total. The standard InChI is InChI=1S/C20H32O3/c1-3-4-5-7-10-19(21)11-8-6-9-16-23-17-18-12-14-20(22-2)15-13-18/h12-15H,3-11,16-17H2,1-2H3. The Kier molecular flexibility index (Phi) is 11.2. The van der Waals surface area contributed by atoms with Gasteiger partial charge in [0.25, 0.3) is 0 Å². The first kappa shape index (κ1) is 19.7. The molecule has 0 fully saturated rings. The molecular formula is C20H32O3. The van der Waals surface area contributed by atoms with Crippen LogP contribution in [-0.4, -0.2) is 19.5 Å². The number of methoxy groups -OCH3 is 1. The lowest BCUT2D eigenvalue weighted by Crippen LogP contribution is -1.99. The van der Waals surface area contributed by atoms with Gasteiger partial charge in [-0.15, -0.1) is 0 Å². The van der Waals surface area contributed by atoms with E-state index < -0.39 is 0 Å². The van der Waals surface area contributed by atoms with Gasteiger partial charge in [0, 0.05) is 19.4 Å². The predicted octanol–water partition coefficient (Wildman–Crippen LogP) is 5.31. The highest BCUT2D eigenvalue weighted by atomic mass is 16.5. The molecule has 3 heteroatoms. The van der Waals surface area contributed by atoms with Gasteiger partial charge in [0.05, 0.1) is 13.7 Å². The Balaban J connectivity index is 1.93. The summed E-state index contributed by atoms with van der Waals surface area (Å²) in [7, 11) is 1.67. The Morgan fingerprint density at radius 2 is 1.57 bits per heavy atom. The fourth-order valence-electron chi connectivity index (χ4n) is 2.49. The Hall–Kier alpha value is -1.35. The molecule has 0 spiro atoms. The first-order valence-electron chi connectivity index (χ1n) is 8.98. The van der Waals surface area contributed by atoms with Crippen LogP contribution in [0.1, 0.15) is 70.3 Å². The van der Waals surface area contributed by atoms with E-state index in [0.717, 1.165) is 56.4 Å². The summed E-state index contributed by atoms with van der Waals surface area (Å²) in [4.78, 5) is 11.7. The molecule has 0 bridgehead atoms. The molecule has 0 heterocycles. The van der Waals surface area contributed by atoms with Gasteiger partial charge in [0.2, 0.25) is 0 Å². The maximum Gasteiger partial charge on any atom is 0.132 e. The second kappa shape index (κ2) is 13.1. The largest absolute Gasteiger partial charge is 0.497 e. The van der Waals surface area contributed by atoms with Gasteiger partial charge in [-0.1, -0.05) is 44.7 Å². The van der Waals surface area contributed by atoms with Crippen molar-refractivity contribution in [2.75, 3.05) is 13.7 Å². The highest BCUT2D eigenvalue weighted by Crippen LogP contribution is 2.12. The fraction of sp³-hybridized carbons (Fsp3) is 0.650. The lowest BCUT2D eigenvalue weighted by Gasteiger charge is -2.06. The van der Waals surface area contributed by atoms with Gasteiger partial charge >= 0.3 is 0 Å². The van der Waals surface area contributed by atoms with Crippen LogP contribution in [0.2, 0.25) is 0 Å².